The van der Waals surface area contributed by atoms with Crippen molar-refractivity contribution in [1.29, 1.82) is 0 Å². The van der Waals surface area contributed by atoms with Gasteiger partial charge in [0.2, 0.25) is 4.96 Å². The number of nitrogens with one attached hydrogen (secondary N) is 1. The molecule has 25 heavy (non-hydrogen) atoms. The summed E-state index contributed by atoms with van der Waals surface area (Å²) in [4.78, 5) is 32.4. The second-order valence-electron chi connectivity index (χ2n) is 6.12. The van der Waals surface area contributed by atoms with Crippen molar-refractivity contribution in [2.45, 2.75) is 13.5 Å². The SMILES string of the molecule is Cc1cc(=O)n2nc(C[NH+]3CCN(C(=O)c4ccco4)CC3)sc2n1. The standard InChI is InChI=1S/C16H17N5O3S/c1-11-9-14(22)21-16(17-11)25-13(18-21)10-19-4-6-20(7-5-19)15(23)12-3-2-8-24-12/h2-3,8-9H,4-7,10H2,1H3/p+1. The number of amides is 1. The zero-order valence-corrected chi connectivity index (χ0v) is 14.6. The number of aromatic nitrogens is 3. The molecular formula is C16H18N5O3S+. The summed E-state index contributed by atoms with van der Waals surface area (Å²) >= 11 is 1.45. The number of rotatable bonds is 3. The van der Waals surface area contributed by atoms with Gasteiger partial charge >= 0.3 is 0 Å². The van der Waals surface area contributed by atoms with E-state index in [4.69, 9.17) is 4.42 Å². The number of nitrogens with zero attached hydrogens (tertiary/aromatic N) is 4. The van der Waals surface area contributed by atoms with Crippen molar-refractivity contribution in [2.24, 2.45) is 0 Å². The van der Waals surface area contributed by atoms with Gasteiger partial charge in [0.05, 0.1) is 32.4 Å². The van der Waals surface area contributed by atoms with Crippen LogP contribution in [0, 0.1) is 6.92 Å². The minimum Gasteiger partial charge on any atom is -0.459 e. The third kappa shape index (κ3) is 3.20. The lowest BCUT2D eigenvalue weighted by molar-refractivity contribution is -0.917. The molecule has 1 aliphatic heterocycles. The van der Waals surface area contributed by atoms with E-state index in [2.05, 4.69) is 10.1 Å². The van der Waals surface area contributed by atoms with Crippen LogP contribution in [0.5, 0.6) is 0 Å². The summed E-state index contributed by atoms with van der Waals surface area (Å²) in [6.45, 7) is 5.57. The Hall–Kier alpha value is -2.52. The Kier molecular flexibility index (Phi) is 4.10. The molecule has 0 bridgehead atoms. The minimum atomic E-state index is -0.145. The van der Waals surface area contributed by atoms with Crippen LogP contribution in [0.25, 0.3) is 4.96 Å². The Morgan fingerprint density at radius 1 is 1.40 bits per heavy atom. The van der Waals surface area contributed by atoms with Gasteiger partial charge in [-0.3, -0.25) is 9.59 Å². The summed E-state index contributed by atoms with van der Waals surface area (Å²) in [6.07, 6.45) is 1.51. The van der Waals surface area contributed by atoms with Gasteiger partial charge in [-0.05, 0) is 19.1 Å². The number of carbonyl (C=O) groups is 1. The lowest BCUT2D eigenvalue weighted by atomic mass is 10.3. The number of quaternary nitrogens is 1. The number of aryl methyl sites for hydroxylation is 1. The van der Waals surface area contributed by atoms with Gasteiger partial charge in [-0.15, -0.1) is 0 Å². The molecule has 0 aliphatic carbocycles. The fraction of sp³-hybridized carbons (Fsp3) is 0.375. The van der Waals surface area contributed by atoms with Gasteiger partial charge in [0.15, 0.2) is 10.8 Å². The Morgan fingerprint density at radius 3 is 2.92 bits per heavy atom. The maximum Gasteiger partial charge on any atom is 0.289 e. The number of hydrogen-bond acceptors (Lipinski definition) is 6. The molecule has 0 aromatic carbocycles. The summed E-state index contributed by atoms with van der Waals surface area (Å²) < 4.78 is 6.54. The monoisotopic (exact) mass is 360 g/mol. The smallest absolute Gasteiger partial charge is 0.289 e. The first-order valence-electron chi connectivity index (χ1n) is 8.13. The molecule has 0 spiro atoms. The summed E-state index contributed by atoms with van der Waals surface area (Å²) in [6, 6.07) is 4.90. The van der Waals surface area contributed by atoms with Crippen molar-refractivity contribution in [1.82, 2.24) is 19.5 Å². The van der Waals surface area contributed by atoms with Crippen LogP contribution < -0.4 is 10.5 Å². The van der Waals surface area contributed by atoms with Crippen molar-refractivity contribution < 1.29 is 14.1 Å². The van der Waals surface area contributed by atoms with E-state index in [0.717, 1.165) is 24.6 Å². The molecule has 0 radical (unpaired) electrons. The van der Waals surface area contributed by atoms with E-state index < -0.39 is 0 Å². The summed E-state index contributed by atoms with van der Waals surface area (Å²) in [5.41, 5.74) is 0.562. The van der Waals surface area contributed by atoms with Gasteiger partial charge in [0.1, 0.15) is 6.54 Å². The second-order valence-corrected chi connectivity index (χ2v) is 7.16. The molecule has 0 unspecified atom stereocenters. The molecule has 4 heterocycles. The fourth-order valence-electron chi connectivity index (χ4n) is 3.00. The third-order valence-electron chi connectivity index (χ3n) is 4.31. The van der Waals surface area contributed by atoms with E-state index in [1.54, 1.807) is 19.1 Å². The number of piperazine rings is 1. The van der Waals surface area contributed by atoms with Crippen molar-refractivity contribution in [2.75, 3.05) is 26.2 Å². The number of hydrogen-bond donors (Lipinski definition) is 1. The molecule has 1 N–H and O–H groups in total. The highest BCUT2D eigenvalue weighted by atomic mass is 32.1. The first kappa shape index (κ1) is 16.0. The van der Waals surface area contributed by atoms with Crippen LogP contribution in [0.1, 0.15) is 21.3 Å². The first-order chi connectivity index (χ1) is 12.1. The normalized spacial score (nSPS) is 15.8. The number of carbonyl (C=O) groups excluding carboxylic acids is 1. The third-order valence-corrected chi connectivity index (χ3v) is 5.21. The first-order valence-corrected chi connectivity index (χ1v) is 8.94. The molecule has 3 aromatic rings. The predicted octanol–water partition coefficient (Wildman–Crippen LogP) is -0.407. The Labute approximate surface area is 147 Å². The summed E-state index contributed by atoms with van der Waals surface area (Å²) in [7, 11) is 0. The largest absolute Gasteiger partial charge is 0.459 e. The van der Waals surface area contributed by atoms with Crippen LogP contribution >= 0.6 is 11.3 Å². The Bertz CT molecular complexity index is 954. The number of fused-ring (bicyclic) bond motifs is 1. The van der Waals surface area contributed by atoms with Gasteiger partial charge in [-0.1, -0.05) is 11.3 Å². The topological polar surface area (TPSA) is 85.2 Å². The van der Waals surface area contributed by atoms with Gasteiger partial charge in [0.25, 0.3) is 11.5 Å². The molecule has 1 fully saturated rings. The van der Waals surface area contributed by atoms with E-state index in [1.807, 2.05) is 4.90 Å². The minimum absolute atomic E-state index is 0.0599. The van der Waals surface area contributed by atoms with Crippen LogP contribution in [0.15, 0.2) is 33.7 Å². The van der Waals surface area contributed by atoms with Crippen molar-refractivity contribution in [3.05, 3.63) is 51.3 Å². The van der Waals surface area contributed by atoms with Gasteiger partial charge in [-0.2, -0.15) is 9.61 Å². The highest BCUT2D eigenvalue weighted by Gasteiger charge is 2.26. The molecule has 8 nitrogen and oxygen atoms in total. The molecule has 1 saturated heterocycles. The molecule has 0 saturated carbocycles. The molecule has 4 rings (SSSR count). The van der Waals surface area contributed by atoms with E-state index in [0.29, 0.717) is 29.5 Å². The molecule has 1 amide bonds. The Morgan fingerprint density at radius 2 is 2.20 bits per heavy atom. The lowest BCUT2D eigenvalue weighted by Crippen LogP contribution is -3.13. The Balaban J connectivity index is 1.41. The van der Waals surface area contributed by atoms with E-state index >= 15 is 0 Å². The van der Waals surface area contributed by atoms with Crippen LogP contribution in [0.4, 0.5) is 0 Å². The second kappa shape index (κ2) is 6.41. The fourth-order valence-corrected chi connectivity index (χ4v) is 4.02. The predicted molar refractivity (Wildman–Crippen MR) is 90.9 cm³/mol. The molecule has 3 aromatic heterocycles. The maximum absolute atomic E-state index is 12.3. The van der Waals surface area contributed by atoms with Crippen LogP contribution in [0.2, 0.25) is 0 Å². The van der Waals surface area contributed by atoms with Gasteiger partial charge in [0, 0.05) is 11.8 Å². The van der Waals surface area contributed by atoms with E-state index in [-0.39, 0.29) is 11.5 Å². The zero-order chi connectivity index (χ0) is 17.4. The average Bonchev–Trinajstić information content (AvgIpc) is 3.24. The van der Waals surface area contributed by atoms with Crippen LogP contribution in [0.3, 0.4) is 0 Å². The van der Waals surface area contributed by atoms with Gasteiger partial charge in [-0.25, -0.2) is 4.98 Å². The molecule has 0 atom stereocenters. The van der Waals surface area contributed by atoms with Crippen molar-refractivity contribution in [3.8, 4) is 0 Å². The highest BCUT2D eigenvalue weighted by Crippen LogP contribution is 2.10. The zero-order valence-electron chi connectivity index (χ0n) is 13.8. The van der Waals surface area contributed by atoms with Crippen molar-refractivity contribution >= 4 is 22.2 Å². The van der Waals surface area contributed by atoms with Crippen molar-refractivity contribution in [3.63, 3.8) is 0 Å². The highest BCUT2D eigenvalue weighted by molar-refractivity contribution is 7.16. The molecule has 130 valence electrons. The molecule has 9 heteroatoms. The van der Waals surface area contributed by atoms with Crippen LogP contribution in [-0.2, 0) is 6.54 Å². The molecule has 1 aliphatic rings. The van der Waals surface area contributed by atoms with E-state index in [1.165, 1.54) is 33.1 Å². The summed E-state index contributed by atoms with van der Waals surface area (Å²) in [5.74, 6) is 0.325. The van der Waals surface area contributed by atoms with Crippen LogP contribution in [-0.4, -0.2) is 51.6 Å². The quantitative estimate of drug-likeness (QED) is 0.687. The van der Waals surface area contributed by atoms with Gasteiger partial charge < -0.3 is 14.2 Å². The molecular weight excluding hydrogens is 342 g/mol. The maximum atomic E-state index is 12.3. The lowest BCUT2D eigenvalue weighted by Gasteiger charge is -2.31. The number of furan rings is 1. The summed E-state index contributed by atoms with van der Waals surface area (Å²) in [5, 5.41) is 5.27. The average molecular weight is 360 g/mol. The van der Waals surface area contributed by atoms with E-state index in [9.17, 15) is 9.59 Å².